The molecule has 38 heavy (non-hydrogen) atoms. The number of nitrogens with zero attached hydrogens (tertiary/aromatic N) is 2. The number of rotatable bonds is 7. The van der Waals surface area contributed by atoms with Crippen molar-refractivity contribution < 1.29 is 14.3 Å². The van der Waals surface area contributed by atoms with E-state index in [4.69, 9.17) is 9.47 Å². The molecule has 5 rings (SSSR count). The minimum absolute atomic E-state index is 0.00983. The van der Waals surface area contributed by atoms with Crippen LogP contribution in [0.25, 0.3) is 6.08 Å². The van der Waals surface area contributed by atoms with Crippen molar-refractivity contribution >= 4 is 39.3 Å². The van der Waals surface area contributed by atoms with E-state index in [0.29, 0.717) is 33.6 Å². The third-order valence-corrected chi connectivity index (χ3v) is 8.13. The largest absolute Gasteiger partial charge is 0.488 e. The predicted molar refractivity (Wildman–Crippen MR) is 152 cm³/mol. The van der Waals surface area contributed by atoms with E-state index >= 15 is 0 Å². The van der Waals surface area contributed by atoms with Gasteiger partial charge in [0.2, 0.25) is 0 Å². The molecule has 2 aliphatic rings. The van der Waals surface area contributed by atoms with Crippen molar-refractivity contribution in [2.24, 2.45) is 10.9 Å². The summed E-state index contributed by atoms with van der Waals surface area (Å²) < 4.78 is 14.5. The van der Waals surface area contributed by atoms with Gasteiger partial charge in [0.1, 0.15) is 12.4 Å². The predicted octanol–water partition coefficient (Wildman–Crippen LogP) is 5.15. The number of halogens is 1. The van der Waals surface area contributed by atoms with E-state index in [0.717, 1.165) is 21.4 Å². The molecule has 1 aromatic heterocycles. The molecule has 0 amide bonds. The highest BCUT2D eigenvalue weighted by Crippen LogP contribution is 2.32. The van der Waals surface area contributed by atoms with Crippen molar-refractivity contribution in [2.75, 3.05) is 6.61 Å². The molecule has 1 aliphatic carbocycles. The second-order valence-electron chi connectivity index (χ2n) is 9.01. The van der Waals surface area contributed by atoms with Crippen LogP contribution >= 0.6 is 27.3 Å². The third-order valence-electron chi connectivity index (χ3n) is 6.41. The molecule has 0 spiro atoms. The minimum atomic E-state index is -0.597. The number of fused-ring (bicyclic) bond motifs is 1. The smallest absolute Gasteiger partial charge is 0.338 e. The molecular formula is C30H27BrN2O4S. The standard InChI is InChI=1S/C30H27BrN2O4S/c1-3-36-29(35)26-19(2)32-30-33(27(26)22-12-8-5-9-13-22)28(34)25(38-30)17-21-14-15-24(23(31)16-21)37-18-20-10-6-4-7-11-20/h4-15,17,21,27H,3,16,18H2,1-2H3/b25-17-/t21-,27+/m0/s1. The van der Waals surface area contributed by atoms with Gasteiger partial charge in [-0.3, -0.25) is 9.36 Å². The van der Waals surface area contributed by atoms with Gasteiger partial charge < -0.3 is 9.47 Å². The van der Waals surface area contributed by atoms with Crippen molar-refractivity contribution in [2.45, 2.75) is 32.9 Å². The highest BCUT2D eigenvalue weighted by molar-refractivity contribution is 9.11. The van der Waals surface area contributed by atoms with E-state index in [9.17, 15) is 9.59 Å². The van der Waals surface area contributed by atoms with Gasteiger partial charge in [0, 0.05) is 10.4 Å². The molecule has 0 fully saturated rings. The lowest BCUT2D eigenvalue weighted by Gasteiger charge is -2.24. The fourth-order valence-corrected chi connectivity index (χ4v) is 6.32. The molecule has 0 radical (unpaired) electrons. The summed E-state index contributed by atoms with van der Waals surface area (Å²) in [4.78, 5) is 31.9. The molecule has 3 aromatic rings. The monoisotopic (exact) mass is 590 g/mol. The zero-order chi connectivity index (χ0) is 26.6. The van der Waals surface area contributed by atoms with Crippen LogP contribution in [-0.2, 0) is 20.9 Å². The van der Waals surface area contributed by atoms with Gasteiger partial charge in [0.15, 0.2) is 4.80 Å². The van der Waals surface area contributed by atoms with E-state index < -0.39 is 12.0 Å². The first-order chi connectivity index (χ1) is 18.5. The SMILES string of the molecule is CCOC(=O)C1=C(C)N=c2s/c(=C\[C@H]3C=CC(OCc4ccccc4)=C(Br)C3)c(=O)n2[C@@H]1c1ccccc1. The Bertz CT molecular complexity index is 1620. The van der Waals surface area contributed by atoms with Gasteiger partial charge in [-0.25, -0.2) is 9.79 Å². The molecule has 0 saturated heterocycles. The van der Waals surface area contributed by atoms with Crippen LogP contribution in [0.15, 0.2) is 104 Å². The van der Waals surface area contributed by atoms with Crippen molar-refractivity contribution in [3.8, 4) is 0 Å². The Morgan fingerprint density at radius 1 is 1.16 bits per heavy atom. The van der Waals surface area contributed by atoms with Gasteiger partial charge in [0.05, 0.1) is 28.5 Å². The summed E-state index contributed by atoms with van der Waals surface area (Å²) in [7, 11) is 0. The number of esters is 1. The number of aromatic nitrogens is 1. The summed E-state index contributed by atoms with van der Waals surface area (Å²) in [6, 6.07) is 19.0. The Morgan fingerprint density at radius 3 is 2.55 bits per heavy atom. The second kappa shape index (κ2) is 11.5. The van der Waals surface area contributed by atoms with Crippen LogP contribution in [0.5, 0.6) is 0 Å². The molecule has 6 nitrogen and oxygen atoms in total. The maximum atomic E-state index is 13.7. The lowest BCUT2D eigenvalue weighted by Crippen LogP contribution is -2.40. The number of ether oxygens (including phenoxy) is 2. The van der Waals surface area contributed by atoms with Gasteiger partial charge in [-0.2, -0.15) is 0 Å². The average molecular weight is 592 g/mol. The van der Waals surface area contributed by atoms with Crippen LogP contribution in [0.2, 0.25) is 0 Å². The van der Waals surface area contributed by atoms with Gasteiger partial charge in [0.25, 0.3) is 5.56 Å². The Kier molecular flexibility index (Phi) is 7.90. The number of hydrogen-bond donors (Lipinski definition) is 0. The Hall–Kier alpha value is -3.49. The van der Waals surface area contributed by atoms with Gasteiger partial charge >= 0.3 is 5.97 Å². The van der Waals surface area contributed by atoms with Gasteiger partial charge in [-0.1, -0.05) is 100 Å². The van der Waals surface area contributed by atoms with Crippen molar-refractivity contribution in [3.05, 3.63) is 125 Å². The van der Waals surface area contributed by atoms with E-state index in [1.807, 2.05) is 78.9 Å². The molecule has 8 heteroatoms. The van der Waals surface area contributed by atoms with E-state index in [-0.39, 0.29) is 18.1 Å². The number of carbonyl (C=O) groups excluding carboxylic acids is 1. The van der Waals surface area contributed by atoms with Crippen LogP contribution < -0.4 is 14.9 Å². The van der Waals surface area contributed by atoms with Gasteiger partial charge in [-0.15, -0.1) is 0 Å². The number of allylic oxidation sites excluding steroid dienone is 4. The van der Waals surface area contributed by atoms with Crippen LogP contribution in [0.1, 0.15) is 37.4 Å². The quantitative estimate of drug-likeness (QED) is 0.357. The summed E-state index contributed by atoms with van der Waals surface area (Å²) >= 11 is 5.01. The van der Waals surface area contributed by atoms with E-state index in [2.05, 4.69) is 20.9 Å². The fraction of sp³-hybridized carbons (Fsp3) is 0.233. The summed E-state index contributed by atoms with van der Waals surface area (Å²) in [5, 5.41) is 0. The summed E-state index contributed by atoms with van der Waals surface area (Å²) in [5.74, 6) is 0.346. The molecule has 2 aromatic carbocycles. The molecule has 194 valence electrons. The van der Waals surface area contributed by atoms with Crippen LogP contribution in [0, 0.1) is 5.92 Å². The number of benzene rings is 2. The molecule has 0 N–H and O–H groups in total. The fourth-order valence-electron chi connectivity index (χ4n) is 4.60. The molecule has 0 unspecified atom stereocenters. The highest BCUT2D eigenvalue weighted by atomic mass is 79.9. The highest BCUT2D eigenvalue weighted by Gasteiger charge is 2.33. The molecule has 0 bridgehead atoms. The zero-order valence-corrected chi connectivity index (χ0v) is 23.5. The second-order valence-corrected chi connectivity index (χ2v) is 11.0. The summed E-state index contributed by atoms with van der Waals surface area (Å²) in [6.07, 6.45) is 6.65. The molecule has 2 heterocycles. The van der Waals surface area contributed by atoms with Crippen LogP contribution in [0.4, 0.5) is 0 Å². The van der Waals surface area contributed by atoms with Crippen LogP contribution in [0.3, 0.4) is 0 Å². The van der Waals surface area contributed by atoms with E-state index in [1.165, 1.54) is 11.3 Å². The lowest BCUT2D eigenvalue weighted by molar-refractivity contribution is -0.139. The molecule has 1 aliphatic heterocycles. The Labute approximate surface area is 233 Å². The maximum absolute atomic E-state index is 13.7. The Balaban J connectivity index is 1.46. The Morgan fingerprint density at radius 2 is 1.87 bits per heavy atom. The first kappa shape index (κ1) is 26.1. The zero-order valence-electron chi connectivity index (χ0n) is 21.1. The minimum Gasteiger partial charge on any atom is -0.488 e. The first-order valence-electron chi connectivity index (χ1n) is 12.4. The number of thiazole rings is 1. The van der Waals surface area contributed by atoms with E-state index in [1.54, 1.807) is 18.4 Å². The molecular weight excluding hydrogens is 564 g/mol. The third kappa shape index (κ3) is 5.37. The maximum Gasteiger partial charge on any atom is 0.338 e. The average Bonchev–Trinajstić information content (AvgIpc) is 3.22. The number of hydrogen-bond acceptors (Lipinski definition) is 6. The first-order valence-corrected chi connectivity index (χ1v) is 14.1. The summed E-state index contributed by atoms with van der Waals surface area (Å²) in [6.45, 7) is 4.29. The normalized spacial score (nSPS) is 19.3. The van der Waals surface area contributed by atoms with Crippen molar-refractivity contribution in [1.29, 1.82) is 0 Å². The number of carbonyl (C=O) groups is 1. The molecule has 0 saturated carbocycles. The van der Waals surface area contributed by atoms with Crippen molar-refractivity contribution in [3.63, 3.8) is 0 Å². The van der Waals surface area contributed by atoms with Crippen LogP contribution in [-0.4, -0.2) is 17.1 Å². The van der Waals surface area contributed by atoms with Crippen molar-refractivity contribution in [1.82, 2.24) is 4.57 Å². The van der Waals surface area contributed by atoms with Gasteiger partial charge in [-0.05, 0) is 37.5 Å². The topological polar surface area (TPSA) is 69.9 Å². The summed E-state index contributed by atoms with van der Waals surface area (Å²) in [5.41, 5.74) is 2.72. The lowest BCUT2D eigenvalue weighted by atomic mass is 9.96. The molecule has 2 atom stereocenters.